The van der Waals surface area contributed by atoms with E-state index in [1.54, 1.807) is 11.7 Å². The number of amides is 1. The summed E-state index contributed by atoms with van der Waals surface area (Å²) >= 11 is 0. The number of unbranched alkanes of at least 4 members (excludes halogenated alkanes) is 3. The summed E-state index contributed by atoms with van der Waals surface area (Å²) in [6.07, 6.45) is 9.68. The Morgan fingerprint density at radius 1 is 1.26 bits per heavy atom. The quantitative estimate of drug-likeness (QED) is 0.471. The molecule has 27 heavy (non-hydrogen) atoms. The number of hydrogen-bond acceptors (Lipinski definition) is 3. The molecule has 0 saturated carbocycles. The molecule has 0 spiro atoms. The second-order valence-corrected chi connectivity index (χ2v) is 6.59. The first-order chi connectivity index (χ1) is 13.1. The van der Waals surface area contributed by atoms with Gasteiger partial charge in [0, 0.05) is 13.6 Å². The first-order valence-electron chi connectivity index (χ1n) is 9.78. The van der Waals surface area contributed by atoms with Crippen molar-refractivity contribution < 1.29 is 9.53 Å². The second kappa shape index (κ2) is 11.2. The fourth-order valence-corrected chi connectivity index (χ4v) is 2.83. The number of nitrogens with one attached hydrogen (secondary N) is 1. The molecule has 1 N–H and O–H groups in total. The van der Waals surface area contributed by atoms with Gasteiger partial charge in [0.25, 0.3) is 5.91 Å². The van der Waals surface area contributed by atoms with Gasteiger partial charge in [0.15, 0.2) is 0 Å². The number of hydrogen-bond donors (Lipinski definition) is 1. The van der Waals surface area contributed by atoms with E-state index in [9.17, 15) is 4.79 Å². The van der Waals surface area contributed by atoms with E-state index in [0.29, 0.717) is 12.2 Å². The van der Waals surface area contributed by atoms with E-state index in [-0.39, 0.29) is 5.91 Å². The van der Waals surface area contributed by atoms with Gasteiger partial charge in [-0.2, -0.15) is 5.10 Å². The normalized spacial score (nSPS) is 11.1. The summed E-state index contributed by atoms with van der Waals surface area (Å²) in [7, 11) is 1.79. The highest BCUT2D eigenvalue weighted by molar-refractivity contribution is 5.92. The lowest BCUT2D eigenvalue weighted by Crippen LogP contribution is -2.25. The minimum atomic E-state index is -0.114. The van der Waals surface area contributed by atoms with Gasteiger partial charge in [-0.1, -0.05) is 31.2 Å². The zero-order valence-corrected chi connectivity index (χ0v) is 16.7. The maximum atomic E-state index is 12.4. The van der Waals surface area contributed by atoms with E-state index in [1.807, 2.05) is 37.3 Å². The third-order valence-electron chi connectivity index (χ3n) is 4.40. The maximum Gasteiger partial charge on any atom is 0.269 e. The molecule has 0 fully saturated rings. The molecule has 5 heteroatoms. The average molecular weight is 370 g/mol. The molecule has 0 aliphatic heterocycles. The Kier molecular flexibility index (Phi) is 8.62. The molecular weight excluding hydrogens is 338 g/mol. The fraction of sp³-hybridized carbons (Fsp3) is 0.455. The number of allylic oxidation sites excluding steroid dienone is 2. The molecular formula is C22H31N3O2. The number of carbonyl (C=O) groups is 1. The largest absolute Gasteiger partial charge is 0.494 e. The number of ether oxygens (including phenoxy) is 1. The standard InChI is InChI=1S/C22H31N3O2/c1-4-6-7-8-9-10-14-27-20-13-11-12-18(15-20)17-23-22(26)21-16-19(5-2)24-25(21)3/h4,6,11-13,15-16H,5,7-10,14,17H2,1-3H3,(H,23,26). The van der Waals surface area contributed by atoms with Crippen LogP contribution in [-0.4, -0.2) is 22.3 Å². The highest BCUT2D eigenvalue weighted by Gasteiger charge is 2.12. The van der Waals surface area contributed by atoms with Crippen LogP contribution in [-0.2, 0) is 20.0 Å². The lowest BCUT2D eigenvalue weighted by atomic mass is 10.2. The highest BCUT2D eigenvalue weighted by atomic mass is 16.5. The van der Waals surface area contributed by atoms with Crippen LogP contribution in [0.4, 0.5) is 0 Å². The van der Waals surface area contributed by atoms with E-state index in [1.165, 1.54) is 12.8 Å². The van der Waals surface area contributed by atoms with Gasteiger partial charge < -0.3 is 10.1 Å². The predicted molar refractivity (Wildman–Crippen MR) is 109 cm³/mol. The lowest BCUT2D eigenvalue weighted by molar-refractivity contribution is 0.0941. The van der Waals surface area contributed by atoms with Crippen molar-refractivity contribution in [2.24, 2.45) is 7.05 Å². The van der Waals surface area contributed by atoms with Crippen LogP contribution in [0.1, 0.15) is 61.3 Å². The van der Waals surface area contributed by atoms with Crippen LogP contribution in [0, 0.1) is 0 Å². The number of nitrogens with zero attached hydrogens (tertiary/aromatic N) is 2. The van der Waals surface area contributed by atoms with Crippen molar-refractivity contribution in [1.82, 2.24) is 15.1 Å². The Morgan fingerprint density at radius 2 is 2.11 bits per heavy atom. The van der Waals surface area contributed by atoms with Crippen molar-refractivity contribution in [3.05, 3.63) is 59.4 Å². The Labute approximate surface area is 162 Å². The molecule has 5 nitrogen and oxygen atoms in total. The Bertz CT molecular complexity index is 750. The molecule has 0 atom stereocenters. The van der Waals surface area contributed by atoms with Gasteiger partial charge >= 0.3 is 0 Å². The molecule has 2 rings (SSSR count). The summed E-state index contributed by atoms with van der Waals surface area (Å²) in [4.78, 5) is 12.4. The maximum absolute atomic E-state index is 12.4. The summed E-state index contributed by atoms with van der Waals surface area (Å²) in [5.41, 5.74) is 2.52. The number of benzene rings is 1. The van der Waals surface area contributed by atoms with Crippen molar-refractivity contribution in [2.45, 2.75) is 52.5 Å². The Balaban J connectivity index is 1.77. The monoisotopic (exact) mass is 369 g/mol. The van der Waals surface area contributed by atoms with Crippen LogP contribution < -0.4 is 10.1 Å². The van der Waals surface area contributed by atoms with Crippen molar-refractivity contribution in [2.75, 3.05) is 6.61 Å². The summed E-state index contributed by atoms with van der Waals surface area (Å²) in [6, 6.07) is 9.73. The van der Waals surface area contributed by atoms with Crippen molar-refractivity contribution >= 4 is 5.91 Å². The van der Waals surface area contributed by atoms with Gasteiger partial charge in [-0.05, 0) is 62.8 Å². The number of rotatable bonds is 11. The molecule has 1 heterocycles. The molecule has 1 amide bonds. The van der Waals surface area contributed by atoms with Crippen LogP contribution in [0.2, 0.25) is 0 Å². The molecule has 1 aromatic carbocycles. The Hall–Kier alpha value is -2.56. The molecule has 1 aromatic heterocycles. The van der Waals surface area contributed by atoms with E-state index in [2.05, 4.69) is 29.5 Å². The lowest BCUT2D eigenvalue weighted by Gasteiger charge is -2.09. The third kappa shape index (κ3) is 6.93. The van der Waals surface area contributed by atoms with E-state index in [4.69, 9.17) is 4.74 Å². The van der Waals surface area contributed by atoms with Crippen molar-refractivity contribution in [3.63, 3.8) is 0 Å². The molecule has 0 bridgehead atoms. The van der Waals surface area contributed by atoms with E-state index < -0.39 is 0 Å². The van der Waals surface area contributed by atoms with Gasteiger partial charge in [0.2, 0.25) is 0 Å². The van der Waals surface area contributed by atoms with Gasteiger partial charge in [-0.25, -0.2) is 0 Å². The first kappa shape index (κ1) is 20.7. The predicted octanol–water partition coefficient (Wildman–Crippen LogP) is 4.43. The first-order valence-corrected chi connectivity index (χ1v) is 9.78. The van der Waals surface area contributed by atoms with Gasteiger partial charge in [0.1, 0.15) is 11.4 Å². The molecule has 146 valence electrons. The van der Waals surface area contributed by atoms with Gasteiger partial charge in [-0.3, -0.25) is 9.48 Å². The summed E-state index contributed by atoms with van der Waals surface area (Å²) in [6.45, 7) is 5.27. The minimum Gasteiger partial charge on any atom is -0.494 e. The highest BCUT2D eigenvalue weighted by Crippen LogP contribution is 2.14. The molecule has 0 aliphatic rings. The number of aromatic nitrogens is 2. The van der Waals surface area contributed by atoms with Gasteiger partial charge in [0.05, 0.1) is 12.3 Å². The SMILES string of the molecule is CC=CCCCCCOc1cccc(CNC(=O)c2cc(CC)nn2C)c1. The molecule has 2 aromatic rings. The zero-order chi connectivity index (χ0) is 19.5. The van der Waals surface area contributed by atoms with Crippen LogP contribution in [0.3, 0.4) is 0 Å². The summed E-state index contributed by atoms with van der Waals surface area (Å²) < 4.78 is 7.47. The van der Waals surface area contributed by atoms with Crippen molar-refractivity contribution in [1.29, 1.82) is 0 Å². The fourth-order valence-electron chi connectivity index (χ4n) is 2.83. The number of carbonyl (C=O) groups excluding carboxylic acids is 1. The molecule has 0 radical (unpaired) electrons. The second-order valence-electron chi connectivity index (χ2n) is 6.59. The van der Waals surface area contributed by atoms with Gasteiger partial charge in [-0.15, -0.1) is 0 Å². The molecule has 0 unspecified atom stereocenters. The number of aryl methyl sites for hydroxylation is 2. The summed E-state index contributed by atoms with van der Waals surface area (Å²) in [5, 5.41) is 7.27. The van der Waals surface area contributed by atoms with Crippen LogP contribution in [0.5, 0.6) is 5.75 Å². The average Bonchev–Trinajstić information content (AvgIpc) is 3.07. The van der Waals surface area contributed by atoms with Crippen LogP contribution >= 0.6 is 0 Å². The minimum absolute atomic E-state index is 0.114. The smallest absolute Gasteiger partial charge is 0.269 e. The molecule has 0 saturated heterocycles. The summed E-state index contributed by atoms with van der Waals surface area (Å²) in [5.74, 6) is 0.737. The van der Waals surface area contributed by atoms with E-state index in [0.717, 1.165) is 42.9 Å². The zero-order valence-electron chi connectivity index (χ0n) is 16.7. The van der Waals surface area contributed by atoms with E-state index >= 15 is 0 Å². The third-order valence-corrected chi connectivity index (χ3v) is 4.40. The molecule has 0 aliphatic carbocycles. The van der Waals surface area contributed by atoms with Crippen molar-refractivity contribution in [3.8, 4) is 5.75 Å². The topological polar surface area (TPSA) is 56.1 Å². The van der Waals surface area contributed by atoms with Crippen LogP contribution in [0.25, 0.3) is 0 Å². The Morgan fingerprint density at radius 3 is 2.85 bits per heavy atom. The van der Waals surface area contributed by atoms with Crippen LogP contribution in [0.15, 0.2) is 42.5 Å².